The molecule has 0 bridgehead atoms. The third-order valence-corrected chi connectivity index (χ3v) is 16.9. The summed E-state index contributed by atoms with van der Waals surface area (Å²) in [7, 11) is 5.95. The fraction of sp³-hybridized carbons (Fsp3) is 0.882. The minimum atomic E-state index is -1.62. The smallest absolute Gasteiger partial charge is 0.306 e. The number of carboxylic acid groups (broad SMARTS) is 1. The van der Waals surface area contributed by atoms with Crippen LogP contribution in [0.2, 0.25) is 0 Å². The van der Waals surface area contributed by atoms with Gasteiger partial charge in [-0.05, 0) is 51.4 Å². The number of esters is 2. The van der Waals surface area contributed by atoms with Crippen LogP contribution in [-0.2, 0) is 33.3 Å². The molecular weight excluding hydrogens is 1050 g/mol. The first-order chi connectivity index (χ1) is 41.6. The van der Waals surface area contributed by atoms with E-state index in [2.05, 4.69) is 50.3 Å². The van der Waals surface area contributed by atoms with Crippen LogP contribution in [0.15, 0.2) is 36.5 Å². The summed E-state index contributed by atoms with van der Waals surface area (Å²) in [4.78, 5) is 37.5. The van der Waals surface area contributed by atoms with Gasteiger partial charge >= 0.3 is 11.9 Å². The molecule has 0 rings (SSSR count). The molecule has 0 aliphatic heterocycles. The number of hydrogen-bond acceptors (Lipinski definition) is 8. The number of quaternary nitrogens is 1. The Morgan fingerprint density at radius 1 is 0.353 bits per heavy atom. The lowest BCUT2D eigenvalue weighted by Gasteiger charge is -2.26. The van der Waals surface area contributed by atoms with Crippen LogP contribution >= 0.6 is 0 Å². The van der Waals surface area contributed by atoms with Crippen molar-refractivity contribution in [2.75, 3.05) is 47.5 Å². The first-order valence-electron chi connectivity index (χ1n) is 37.1. The van der Waals surface area contributed by atoms with Crippen LogP contribution in [0.4, 0.5) is 0 Å². The van der Waals surface area contributed by atoms with Gasteiger partial charge in [-0.25, -0.2) is 0 Å². The Bertz CT molecular complexity index is 1490. The summed E-state index contributed by atoms with van der Waals surface area (Å²) >= 11 is 0. The van der Waals surface area contributed by atoms with E-state index in [4.69, 9.17) is 18.9 Å². The molecule has 0 aromatic rings. The van der Waals surface area contributed by atoms with Crippen molar-refractivity contribution in [1.29, 1.82) is 0 Å². The number of carbonyl (C=O) groups is 3. The number of ether oxygens (including phenoxy) is 4. The fourth-order valence-corrected chi connectivity index (χ4v) is 11.2. The second-order valence-electron chi connectivity index (χ2n) is 26.6. The lowest BCUT2D eigenvalue weighted by Crippen LogP contribution is -2.44. The second kappa shape index (κ2) is 67.4. The number of hydrogen-bond donors (Lipinski definition) is 0. The summed E-state index contributed by atoms with van der Waals surface area (Å²) in [5.74, 6) is -2.25. The largest absolute Gasteiger partial charge is 0.545 e. The summed E-state index contributed by atoms with van der Waals surface area (Å²) in [5, 5.41) is 11.8. The zero-order chi connectivity index (χ0) is 61.9. The molecule has 0 saturated carbocycles. The topological polar surface area (TPSA) is 111 Å². The average Bonchev–Trinajstić information content (AvgIpc) is 3.49. The van der Waals surface area contributed by atoms with Crippen molar-refractivity contribution in [3.05, 3.63) is 36.5 Å². The molecule has 0 aromatic heterocycles. The second-order valence-corrected chi connectivity index (χ2v) is 26.6. The Morgan fingerprint density at radius 3 is 0.941 bits per heavy atom. The van der Waals surface area contributed by atoms with E-state index in [9.17, 15) is 19.5 Å². The van der Waals surface area contributed by atoms with E-state index in [-0.39, 0.29) is 32.2 Å². The zero-order valence-electron chi connectivity index (χ0n) is 57.3. The van der Waals surface area contributed by atoms with E-state index < -0.39 is 24.3 Å². The SMILES string of the molecule is CCCCCCC/C=C\C/C=C\C/C=C\CCCCCCCCCCCCCCCCCCCCCCCCCCC(=O)OC(COC(=O)CCCCCCCCCCCCCCCCCCCCCCC)COC(OCC[N+](C)(C)C)C(=O)[O-]. The van der Waals surface area contributed by atoms with Gasteiger partial charge in [0, 0.05) is 12.8 Å². The molecule has 500 valence electrons. The quantitative estimate of drug-likeness (QED) is 0.0195. The van der Waals surface area contributed by atoms with E-state index >= 15 is 0 Å². The number of rotatable bonds is 70. The summed E-state index contributed by atoms with van der Waals surface area (Å²) in [5.41, 5.74) is 0. The van der Waals surface area contributed by atoms with Crippen molar-refractivity contribution in [2.45, 2.75) is 386 Å². The van der Waals surface area contributed by atoms with Gasteiger partial charge in [-0.15, -0.1) is 0 Å². The molecule has 9 nitrogen and oxygen atoms in total. The number of unbranched alkanes of at least 4 members (excludes halogenated alkanes) is 49. The lowest BCUT2D eigenvalue weighted by molar-refractivity contribution is -0.870. The first kappa shape index (κ1) is 82.5. The molecule has 0 spiro atoms. The number of allylic oxidation sites excluding steroid dienone is 6. The van der Waals surface area contributed by atoms with Crippen molar-refractivity contribution < 1.29 is 42.9 Å². The van der Waals surface area contributed by atoms with Gasteiger partial charge < -0.3 is 33.3 Å². The first-order valence-corrected chi connectivity index (χ1v) is 37.1. The van der Waals surface area contributed by atoms with Crippen molar-refractivity contribution in [1.82, 2.24) is 0 Å². The minimum absolute atomic E-state index is 0.152. The summed E-state index contributed by atoms with van der Waals surface area (Å²) in [6.07, 6.45) is 82.5. The van der Waals surface area contributed by atoms with Gasteiger partial charge in [0.1, 0.15) is 13.2 Å². The van der Waals surface area contributed by atoms with Crippen LogP contribution in [-0.4, -0.2) is 82.3 Å². The number of likely N-dealkylation sites (N-methyl/N-ethyl adjacent to an activating group) is 1. The van der Waals surface area contributed by atoms with Gasteiger partial charge in [-0.3, -0.25) is 9.59 Å². The molecule has 0 aliphatic rings. The summed E-state index contributed by atoms with van der Waals surface area (Å²) in [6.45, 7) is 4.81. The average molecular weight is 1200 g/mol. The van der Waals surface area contributed by atoms with Crippen molar-refractivity contribution >= 4 is 17.9 Å². The number of nitrogens with zero attached hydrogens (tertiary/aromatic N) is 1. The van der Waals surface area contributed by atoms with Gasteiger partial charge in [0.15, 0.2) is 12.4 Å². The highest BCUT2D eigenvalue weighted by Crippen LogP contribution is 2.19. The van der Waals surface area contributed by atoms with Crippen LogP contribution in [0, 0.1) is 0 Å². The Hall–Kier alpha value is -2.49. The standard InChI is InChI=1S/C76H143NO8/c1-6-8-10-12-14-16-18-20-22-24-26-28-29-30-31-32-33-34-35-36-37-38-39-40-41-42-43-44-45-47-49-51-53-55-57-59-61-63-65-67-74(79)85-72(71-84-76(75(80)81)82-69-68-77(3,4)5)70-83-73(78)66-64-62-60-58-56-54-52-50-48-46-27-25-23-21-19-17-15-13-11-9-7-2/h18,20,24,26,29-30,72,76H,6-17,19,21-23,25,27-28,31-71H2,1-5H3/b20-18-,26-24-,30-29-. The number of aliphatic carboxylic acids is 1. The molecule has 0 fully saturated rings. The van der Waals surface area contributed by atoms with E-state index in [1.807, 2.05) is 21.1 Å². The maximum absolute atomic E-state index is 12.9. The van der Waals surface area contributed by atoms with Crippen LogP contribution in [0.5, 0.6) is 0 Å². The monoisotopic (exact) mass is 1200 g/mol. The van der Waals surface area contributed by atoms with Crippen LogP contribution < -0.4 is 5.11 Å². The molecule has 0 aromatic carbocycles. The van der Waals surface area contributed by atoms with Gasteiger partial charge in [-0.2, -0.15) is 0 Å². The molecule has 0 heterocycles. The fourth-order valence-electron chi connectivity index (χ4n) is 11.2. The maximum atomic E-state index is 12.9. The number of carbonyl (C=O) groups excluding carboxylic acids is 3. The van der Waals surface area contributed by atoms with Gasteiger partial charge in [0.25, 0.3) is 0 Å². The Balaban J connectivity index is 3.96. The highest BCUT2D eigenvalue weighted by molar-refractivity contribution is 5.70. The van der Waals surface area contributed by atoms with Crippen molar-refractivity contribution in [3.63, 3.8) is 0 Å². The predicted molar refractivity (Wildman–Crippen MR) is 362 cm³/mol. The Morgan fingerprint density at radius 2 is 0.635 bits per heavy atom. The molecule has 2 unspecified atom stereocenters. The van der Waals surface area contributed by atoms with Gasteiger partial charge in [-0.1, -0.05) is 346 Å². The molecule has 0 aliphatic carbocycles. The molecular formula is C76H143NO8. The molecule has 0 amide bonds. The predicted octanol–water partition coefficient (Wildman–Crippen LogP) is 21.8. The van der Waals surface area contributed by atoms with Gasteiger partial charge in [0.2, 0.25) is 0 Å². The molecule has 0 N–H and O–H groups in total. The highest BCUT2D eigenvalue weighted by atomic mass is 16.7. The van der Waals surface area contributed by atoms with Crippen molar-refractivity contribution in [3.8, 4) is 0 Å². The Labute approximate surface area is 528 Å². The zero-order valence-corrected chi connectivity index (χ0v) is 57.3. The van der Waals surface area contributed by atoms with Gasteiger partial charge in [0.05, 0.1) is 40.3 Å². The number of carboxylic acids is 1. The summed E-state index contributed by atoms with van der Waals surface area (Å²) < 4.78 is 22.8. The van der Waals surface area contributed by atoms with E-state index in [0.29, 0.717) is 17.4 Å². The molecule has 85 heavy (non-hydrogen) atoms. The maximum Gasteiger partial charge on any atom is 0.306 e. The van der Waals surface area contributed by atoms with Crippen molar-refractivity contribution in [2.24, 2.45) is 0 Å². The highest BCUT2D eigenvalue weighted by Gasteiger charge is 2.22. The third kappa shape index (κ3) is 68.9. The minimum Gasteiger partial charge on any atom is -0.545 e. The van der Waals surface area contributed by atoms with E-state index in [0.717, 1.165) is 51.4 Å². The molecule has 2 atom stereocenters. The normalized spacial score (nSPS) is 12.8. The molecule has 9 heteroatoms. The molecule has 0 radical (unpaired) electrons. The van der Waals surface area contributed by atoms with Crippen LogP contribution in [0.25, 0.3) is 0 Å². The summed E-state index contributed by atoms with van der Waals surface area (Å²) in [6, 6.07) is 0. The lowest BCUT2D eigenvalue weighted by atomic mass is 10.0. The van der Waals surface area contributed by atoms with Crippen LogP contribution in [0.1, 0.15) is 373 Å². The van der Waals surface area contributed by atoms with Crippen LogP contribution in [0.3, 0.4) is 0 Å². The van der Waals surface area contributed by atoms with E-state index in [1.54, 1.807) is 0 Å². The Kier molecular flexibility index (Phi) is 65.5. The third-order valence-electron chi connectivity index (χ3n) is 16.9. The molecule has 0 saturated heterocycles. The van der Waals surface area contributed by atoms with E-state index in [1.165, 1.54) is 295 Å².